The Morgan fingerprint density at radius 1 is 1.06 bits per heavy atom. The molecule has 8 nitrogen and oxygen atoms in total. The molecular formula is C26H31ClN6O2S. The molecule has 10 heteroatoms. The second-order valence-electron chi connectivity index (χ2n) is 8.73. The Labute approximate surface area is 221 Å². The van der Waals surface area contributed by atoms with Crippen LogP contribution in [0.1, 0.15) is 18.9 Å². The molecule has 3 heterocycles. The molecule has 0 bridgehead atoms. The number of fused-ring (bicyclic) bond motifs is 1. The number of hydrogen-bond donors (Lipinski definition) is 1. The van der Waals surface area contributed by atoms with Crippen molar-refractivity contribution in [1.82, 2.24) is 24.4 Å². The summed E-state index contributed by atoms with van der Waals surface area (Å²) in [7, 11) is 4.06. The number of rotatable bonds is 9. The van der Waals surface area contributed by atoms with Crippen molar-refractivity contribution in [3.05, 3.63) is 60.8 Å². The predicted molar refractivity (Wildman–Crippen MR) is 146 cm³/mol. The summed E-state index contributed by atoms with van der Waals surface area (Å²) in [5.74, 6) is 1.39. The maximum absolute atomic E-state index is 5.79. The maximum atomic E-state index is 5.79. The first kappa shape index (κ1) is 26.2. The number of likely N-dealkylation sites (N-methyl/N-ethyl adjacent to an activating group) is 1. The smallest absolute Gasteiger partial charge is 0.229 e. The first-order chi connectivity index (χ1) is 17.2. The second-order valence-corrected chi connectivity index (χ2v) is 9.77. The Morgan fingerprint density at radius 3 is 2.53 bits per heavy atom. The molecule has 2 aromatic heterocycles. The molecule has 1 N–H and O–H groups in total. The van der Waals surface area contributed by atoms with E-state index in [1.54, 1.807) is 18.0 Å². The lowest BCUT2D eigenvalue weighted by atomic mass is 10.1. The van der Waals surface area contributed by atoms with E-state index < -0.39 is 0 Å². The van der Waals surface area contributed by atoms with Crippen molar-refractivity contribution in [2.24, 2.45) is 0 Å². The number of nitrogens with zero attached hydrogens (tertiary/aromatic N) is 5. The van der Waals surface area contributed by atoms with Crippen LogP contribution >= 0.6 is 24.2 Å². The van der Waals surface area contributed by atoms with Gasteiger partial charge in [-0.15, -0.1) is 12.4 Å². The molecule has 2 aromatic carbocycles. The normalized spacial score (nSPS) is 14.1. The number of benzene rings is 2. The molecule has 1 saturated heterocycles. The quantitative estimate of drug-likeness (QED) is 0.309. The van der Waals surface area contributed by atoms with Gasteiger partial charge >= 0.3 is 0 Å². The average molecular weight is 527 g/mol. The zero-order chi connectivity index (χ0) is 24.0. The molecule has 1 aliphatic heterocycles. The summed E-state index contributed by atoms with van der Waals surface area (Å²) in [6.45, 7) is 3.02. The van der Waals surface area contributed by atoms with E-state index in [0.717, 1.165) is 65.3 Å². The van der Waals surface area contributed by atoms with Crippen LogP contribution in [0.3, 0.4) is 0 Å². The third-order valence-corrected chi connectivity index (χ3v) is 6.80. The van der Waals surface area contributed by atoms with Gasteiger partial charge in [0.15, 0.2) is 10.8 Å². The van der Waals surface area contributed by atoms with Gasteiger partial charge in [-0.1, -0.05) is 30.0 Å². The number of halogens is 1. The van der Waals surface area contributed by atoms with Crippen molar-refractivity contribution in [1.29, 1.82) is 0 Å². The van der Waals surface area contributed by atoms with Crippen LogP contribution in [0.2, 0.25) is 0 Å². The zero-order valence-corrected chi connectivity index (χ0v) is 22.1. The molecule has 0 unspecified atom stereocenters. The summed E-state index contributed by atoms with van der Waals surface area (Å²) in [5, 5.41) is 4.26. The number of aromatic nitrogens is 4. The van der Waals surface area contributed by atoms with Crippen LogP contribution in [0.25, 0.3) is 11.2 Å². The Hall–Kier alpha value is -2.85. The first-order valence-corrected chi connectivity index (χ1v) is 12.7. The molecule has 36 heavy (non-hydrogen) atoms. The van der Waals surface area contributed by atoms with Gasteiger partial charge in [-0.05, 0) is 63.3 Å². The van der Waals surface area contributed by atoms with Crippen LogP contribution in [0.4, 0.5) is 11.6 Å². The van der Waals surface area contributed by atoms with Gasteiger partial charge in [0.05, 0.1) is 6.20 Å². The molecule has 190 valence electrons. The van der Waals surface area contributed by atoms with Gasteiger partial charge in [0.1, 0.15) is 17.9 Å². The topological polar surface area (TPSA) is 77.3 Å². The Bertz CT molecular complexity index is 1250. The number of imidazole rings is 1. The minimum atomic E-state index is 0. The lowest BCUT2D eigenvalue weighted by Crippen LogP contribution is -2.20. The van der Waals surface area contributed by atoms with E-state index in [0.29, 0.717) is 18.6 Å². The number of ether oxygens (including phenoxy) is 2. The van der Waals surface area contributed by atoms with Crippen molar-refractivity contribution >= 4 is 47.0 Å². The molecular weight excluding hydrogens is 496 g/mol. The van der Waals surface area contributed by atoms with Crippen molar-refractivity contribution in [2.75, 3.05) is 45.8 Å². The highest BCUT2D eigenvalue weighted by molar-refractivity contribution is 7.99. The molecule has 0 radical (unpaired) electrons. The number of anilines is 2. The molecule has 0 amide bonds. The monoisotopic (exact) mass is 526 g/mol. The standard InChI is InChI=1S/C26H30N6O2S.ClH/c1-31(2)14-17-34-21-10-8-19(9-11-21)28-25-27-18-23-24(30-25)32(20-12-15-33-16-13-20)26(29-23)35-22-6-4-3-5-7-22;/h3-11,18,20H,12-17H2,1-2H3,(H,27,28,30);1H. The molecule has 1 fully saturated rings. The third kappa shape index (κ3) is 6.47. The largest absolute Gasteiger partial charge is 0.492 e. The molecule has 0 saturated carbocycles. The fraction of sp³-hybridized carbons (Fsp3) is 0.346. The summed E-state index contributed by atoms with van der Waals surface area (Å²) in [5.41, 5.74) is 2.54. The predicted octanol–water partition coefficient (Wildman–Crippen LogP) is 5.43. The van der Waals surface area contributed by atoms with Crippen LogP contribution in [-0.2, 0) is 4.74 Å². The maximum Gasteiger partial charge on any atom is 0.229 e. The average Bonchev–Trinajstić information content (AvgIpc) is 3.23. The highest BCUT2D eigenvalue weighted by Crippen LogP contribution is 2.35. The van der Waals surface area contributed by atoms with Gasteiger partial charge in [0.25, 0.3) is 0 Å². The highest BCUT2D eigenvalue weighted by Gasteiger charge is 2.24. The van der Waals surface area contributed by atoms with Gasteiger partial charge in [-0.2, -0.15) is 4.98 Å². The molecule has 0 aliphatic carbocycles. The van der Waals surface area contributed by atoms with Crippen molar-refractivity contribution < 1.29 is 9.47 Å². The molecule has 0 spiro atoms. The fourth-order valence-corrected chi connectivity index (χ4v) is 4.96. The summed E-state index contributed by atoms with van der Waals surface area (Å²) < 4.78 is 13.7. The van der Waals surface area contributed by atoms with Crippen LogP contribution in [0.15, 0.2) is 70.8 Å². The van der Waals surface area contributed by atoms with Gasteiger partial charge in [-0.3, -0.25) is 4.57 Å². The van der Waals surface area contributed by atoms with Crippen molar-refractivity contribution in [2.45, 2.75) is 28.9 Å². The SMILES string of the molecule is CN(C)CCOc1ccc(Nc2ncc3nc(Sc4ccccc4)n(C4CCOCC4)c3n2)cc1.Cl. The summed E-state index contributed by atoms with van der Waals surface area (Å²) in [6.07, 6.45) is 3.68. The Kier molecular flexibility index (Phi) is 9.03. The van der Waals surface area contributed by atoms with Crippen LogP contribution in [0, 0.1) is 0 Å². The third-order valence-electron chi connectivity index (χ3n) is 5.83. The second kappa shape index (κ2) is 12.4. The minimum absolute atomic E-state index is 0. The van der Waals surface area contributed by atoms with E-state index in [4.69, 9.17) is 19.4 Å². The summed E-state index contributed by atoms with van der Waals surface area (Å²) >= 11 is 1.66. The fourth-order valence-electron chi connectivity index (χ4n) is 3.98. The van der Waals surface area contributed by atoms with E-state index >= 15 is 0 Å². The van der Waals surface area contributed by atoms with Gasteiger partial charge in [0, 0.05) is 36.4 Å². The van der Waals surface area contributed by atoms with Crippen LogP contribution in [-0.4, -0.2) is 64.9 Å². The molecule has 4 aromatic rings. The Morgan fingerprint density at radius 2 is 1.81 bits per heavy atom. The van der Waals surface area contributed by atoms with E-state index in [9.17, 15) is 0 Å². The lowest BCUT2D eigenvalue weighted by molar-refractivity contribution is 0.0683. The summed E-state index contributed by atoms with van der Waals surface area (Å²) in [4.78, 5) is 17.6. The highest BCUT2D eigenvalue weighted by atomic mass is 35.5. The summed E-state index contributed by atoms with van der Waals surface area (Å²) in [6, 6.07) is 18.5. The number of hydrogen-bond acceptors (Lipinski definition) is 8. The van der Waals surface area contributed by atoms with Gasteiger partial charge < -0.3 is 19.7 Å². The molecule has 5 rings (SSSR count). The minimum Gasteiger partial charge on any atom is -0.492 e. The van der Waals surface area contributed by atoms with E-state index in [-0.39, 0.29) is 12.4 Å². The van der Waals surface area contributed by atoms with Gasteiger partial charge in [0.2, 0.25) is 5.95 Å². The Balaban J connectivity index is 0.00000304. The lowest BCUT2D eigenvalue weighted by Gasteiger charge is -2.25. The van der Waals surface area contributed by atoms with E-state index in [1.165, 1.54) is 0 Å². The van der Waals surface area contributed by atoms with Crippen LogP contribution in [0.5, 0.6) is 5.75 Å². The van der Waals surface area contributed by atoms with E-state index in [1.807, 2.05) is 56.6 Å². The van der Waals surface area contributed by atoms with E-state index in [2.05, 4.69) is 31.9 Å². The van der Waals surface area contributed by atoms with Crippen molar-refractivity contribution in [3.63, 3.8) is 0 Å². The number of nitrogens with one attached hydrogen (secondary N) is 1. The van der Waals surface area contributed by atoms with Crippen molar-refractivity contribution in [3.8, 4) is 5.75 Å². The zero-order valence-electron chi connectivity index (χ0n) is 20.5. The van der Waals surface area contributed by atoms with Crippen LogP contribution < -0.4 is 10.1 Å². The molecule has 1 aliphatic rings. The van der Waals surface area contributed by atoms with Gasteiger partial charge in [-0.25, -0.2) is 9.97 Å². The first-order valence-electron chi connectivity index (χ1n) is 11.9. The molecule has 0 atom stereocenters.